The molecule has 3 nitrogen and oxygen atoms in total. The molecule has 2 heterocycles. The van der Waals surface area contributed by atoms with E-state index in [1.54, 1.807) is 0 Å². The predicted molar refractivity (Wildman–Crippen MR) is 83.4 cm³/mol. The highest BCUT2D eigenvalue weighted by molar-refractivity contribution is 9.11. The van der Waals surface area contributed by atoms with Gasteiger partial charge >= 0.3 is 0 Å². The summed E-state index contributed by atoms with van der Waals surface area (Å²) in [6.07, 6.45) is 0. The fraction of sp³-hybridized carbons (Fsp3) is 0.214. The number of fused-ring (bicyclic) bond motifs is 1. The molecule has 1 amide bonds. The zero-order chi connectivity index (χ0) is 13.4. The molecule has 1 aromatic heterocycles. The van der Waals surface area contributed by atoms with Crippen LogP contribution in [0.4, 0.5) is 11.4 Å². The molecule has 2 aromatic rings. The summed E-state index contributed by atoms with van der Waals surface area (Å²) in [7, 11) is 2.06. The van der Waals surface area contributed by atoms with Gasteiger partial charge in [0.15, 0.2) is 0 Å². The third-order valence-corrected chi connectivity index (χ3v) is 4.81. The standard InChI is InChI=1S/C14H13BrN2OS/c1-16-6-7-17(12-5-3-2-4-11(12)16)14(18)10-8-13(15)19-9-10/h2-5,8-9H,6-7H2,1H3. The fourth-order valence-electron chi connectivity index (χ4n) is 2.30. The molecule has 0 aliphatic carbocycles. The average Bonchev–Trinajstić information content (AvgIpc) is 2.86. The second-order valence-corrected chi connectivity index (χ2v) is 6.80. The Morgan fingerprint density at radius 3 is 2.68 bits per heavy atom. The van der Waals surface area contributed by atoms with Crippen LogP contribution >= 0.6 is 27.3 Å². The molecule has 1 aromatic carbocycles. The summed E-state index contributed by atoms with van der Waals surface area (Å²) in [6.45, 7) is 1.58. The first-order valence-corrected chi connectivity index (χ1v) is 7.70. The van der Waals surface area contributed by atoms with E-state index in [2.05, 4.69) is 33.9 Å². The van der Waals surface area contributed by atoms with E-state index in [0.717, 1.165) is 33.8 Å². The Kier molecular flexibility index (Phi) is 3.33. The van der Waals surface area contributed by atoms with Gasteiger partial charge in [-0.1, -0.05) is 12.1 Å². The molecule has 0 saturated heterocycles. The average molecular weight is 337 g/mol. The zero-order valence-electron chi connectivity index (χ0n) is 10.5. The van der Waals surface area contributed by atoms with E-state index in [9.17, 15) is 4.79 Å². The van der Waals surface area contributed by atoms with Crippen LogP contribution in [0.1, 0.15) is 10.4 Å². The number of amides is 1. The molecule has 5 heteroatoms. The van der Waals surface area contributed by atoms with Gasteiger partial charge in [0.1, 0.15) is 0 Å². The van der Waals surface area contributed by atoms with Gasteiger partial charge < -0.3 is 9.80 Å². The number of anilines is 2. The summed E-state index contributed by atoms with van der Waals surface area (Å²) in [4.78, 5) is 16.6. The number of halogens is 1. The van der Waals surface area contributed by atoms with Gasteiger partial charge in [-0.15, -0.1) is 11.3 Å². The van der Waals surface area contributed by atoms with Gasteiger partial charge in [0.25, 0.3) is 5.91 Å². The molecular formula is C14H13BrN2OS. The molecule has 0 fully saturated rings. The SMILES string of the molecule is CN1CCN(C(=O)c2csc(Br)c2)c2ccccc21. The Morgan fingerprint density at radius 2 is 2.00 bits per heavy atom. The second-order valence-electron chi connectivity index (χ2n) is 4.51. The first-order valence-electron chi connectivity index (χ1n) is 6.03. The number of benzene rings is 1. The molecule has 19 heavy (non-hydrogen) atoms. The number of carbonyl (C=O) groups is 1. The minimum atomic E-state index is 0.0718. The quantitative estimate of drug-likeness (QED) is 0.794. The van der Waals surface area contributed by atoms with Crippen LogP contribution in [0, 0.1) is 0 Å². The topological polar surface area (TPSA) is 23.6 Å². The Hall–Kier alpha value is -1.33. The number of carbonyl (C=O) groups excluding carboxylic acids is 1. The first-order chi connectivity index (χ1) is 9.16. The molecule has 0 bridgehead atoms. The van der Waals surface area contributed by atoms with Gasteiger partial charge in [0.05, 0.1) is 20.7 Å². The maximum absolute atomic E-state index is 12.6. The first kappa shape index (κ1) is 12.7. The van der Waals surface area contributed by atoms with E-state index in [1.807, 2.05) is 34.5 Å². The Bertz CT molecular complexity index is 625. The lowest BCUT2D eigenvalue weighted by Gasteiger charge is -2.35. The van der Waals surface area contributed by atoms with E-state index in [0.29, 0.717) is 0 Å². The smallest absolute Gasteiger partial charge is 0.259 e. The number of hydrogen-bond acceptors (Lipinski definition) is 3. The van der Waals surface area contributed by atoms with Gasteiger partial charge in [0.2, 0.25) is 0 Å². The molecule has 1 aliphatic heterocycles. The molecule has 0 N–H and O–H groups in total. The lowest BCUT2D eigenvalue weighted by atomic mass is 10.1. The largest absolute Gasteiger partial charge is 0.371 e. The van der Waals surface area contributed by atoms with E-state index in [-0.39, 0.29) is 5.91 Å². The monoisotopic (exact) mass is 336 g/mol. The van der Waals surface area contributed by atoms with Crippen molar-refractivity contribution in [1.29, 1.82) is 0 Å². The molecule has 0 radical (unpaired) electrons. The third kappa shape index (κ3) is 2.28. The number of likely N-dealkylation sites (N-methyl/N-ethyl adjacent to an activating group) is 1. The molecule has 0 saturated carbocycles. The summed E-state index contributed by atoms with van der Waals surface area (Å²) < 4.78 is 0.985. The lowest BCUT2D eigenvalue weighted by molar-refractivity contribution is 0.0987. The Morgan fingerprint density at radius 1 is 1.26 bits per heavy atom. The number of thiophene rings is 1. The molecule has 1 aliphatic rings. The molecule has 3 rings (SSSR count). The van der Waals surface area contributed by atoms with E-state index < -0.39 is 0 Å². The van der Waals surface area contributed by atoms with Crippen molar-refractivity contribution in [3.63, 3.8) is 0 Å². The normalized spacial score (nSPS) is 14.4. The lowest BCUT2D eigenvalue weighted by Crippen LogP contribution is -2.42. The van der Waals surface area contributed by atoms with Crippen LogP contribution in [0.2, 0.25) is 0 Å². The highest BCUT2D eigenvalue weighted by Crippen LogP contribution is 2.33. The van der Waals surface area contributed by atoms with Gasteiger partial charge in [-0.3, -0.25) is 4.79 Å². The minimum Gasteiger partial charge on any atom is -0.371 e. The van der Waals surface area contributed by atoms with Gasteiger partial charge in [-0.2, -0.15) is 0 Å². The van der Waals surface area contributed by atoms with Crippen molar-refractivity contribution in [2.75, 3.05) is 29.9 Å². The van der Waals surface area contributed by atoms with Crippen molar-refractivity contribution in [2.24, 2.45) is 0 Å². The van der Waals surface area contributed by atoms with E-state index in [1.165, 1.54) is 11.3 Å². The Balaban J connectivity index is 1.98. The van der Waals surface area contributed by atoms with Crippen LogP contribution in [-0.4, -0.2) is 26.0 Å². The summed E-state index contributed by atoms with van der Waals surface area (Å²) in [5.41, 5.74) is 2.84. The zero-order valence-corrected chi connectivity index (χ0v) is 12.9. The van der Waals surface area contributed by atoms with Crippen LogP contribution < -0.4 is 9.80 Å². The molecule has 0 atom stereocenters. The van der Waals surface area contributed by atoms with Crippen LogP contribution in [0.5, 0.6) is 0 Å². The van der Waals surface area contributed by atoms with Crippen LogP contribution in [0.3, 0.4) is 0 Å². The van der Waals surface area contributed by atoms with Crippen molar-refractivity contribution in [3.05, 3.63) is 45.1 Å². The highest BCUT2D eigenvalue weighted by Gasteiger charge is 2.26. The third-order valence-electron chi connectivity index (χ3n) is 3.30. The Labute approximate surface area is 124 Å². The second kappa shape index (κ2) is 4.98. The molecule has 0 unspecified atom stereocenters. The van der Waals surface area contributed by atoms with Crippen LogP contribution in [0.25, 0.3) is 0 Å². The summed E-state index contributed by atoms with van der Waals surface area (Å²) in [6, 6.07) is 9.92. The highest BCUT2D eigenvalue weighted by atomic mass is 79.9. The van der Waals surface area contributed by atoms with Crippen molar-refractivity contribution >= 4 is 44.5 Å². The number of rotatable bonds is 1. The van der Waals surface area contributed by atoms with Crippen molar-refractivity contribution in [1.82, 2.24) is 0 Å². The number of nitrogens with zero attached hydrogens (tertiary/aromatic N) is 2. The number of para-hydroxylation sites is 2. The van der Waals surface area contributed by atoms with Gasteiger partial charge in [-0.25, -0.2) is 0 Å². The number of hydrogen-bond donors (Lipinski definition) is 0. The predicted octanol–water partition coefficient (Wildman–Crippen LogP) is 3.61. The van der Waals surface area contributed by atoms with Gasteiger partial charge in [0, 0.05) is 25.5 Å². The fourth-order valence-corrected chi connectivity index (χ4v) is 3.43. The summed E-state index contributed by atoms with van der Waals surface area (Å²) >= 11 is 4.94. The van der Waals surface area contributed by atoms with E-state index in [4.69, 9.17) is 0 Å². The minimum absolute atomic E-state index is 0.0718. The van der Waals surface area contributed by atoms with Crippen molar-refractivity contribution in [3.8, 4) is 0 Å². The summed E-state index contributed by atoms with van der Waals surface area (Å²) in [5.74, 6) is 0.0718. The maximum atomic E-state index is 12.6. The maximum Gasteiger partial charge on any atom is 0.259 e. The van der Waals surface area contributed by atoms with E-state index >= 15 is 0 Å². The molecule has 0 spiro atoms. The van der Waals surface area contributed by atoms with Crippen molar-refractivity contribution in [2.45, 2.75) is 0 Å². The molecular weight excluding hydrogens is 324 g/mol. The van der Waals surface area contributed by atoms with Crippen LogP contribution in [0.15, 0.2) is 39.5 Å². The van der Waals surface area contributed by atoms with Crippen molar-refractivity contribution < 1.29 is 4.79 Å². The molecule has 98 valence electrons. The van der Waals surface area contributed by atoms with Gasteiger partial charge in [-0.05, 0) is 34.1 Å². The summed E-state index contributed by atoms with van der Waals surface area (Å²) in [5, 5.41) is 1.90. The van der Waals surface area contributed by atoms with Crippen LogP contribution in [-0.2, 0) is 0 Å².